The summed E-state index contributed by atoms with van der Waals surface area (Å²) in [5, 5.41) is 2.34. The van der Waals surface area contributed by atoms with Crippen molar-refractivity contribution >= 4 is 17.7 Å². The molecule has 3 saturated heterocycles. The predicted molar refractivity (Wildman–Crippen MR) is 130 cm³/mol. The lowest BCUT2D eigenvalue weighted by atomic mass is 9.88. The van der Waals surface area contributed by atoms with Crippen LogP contribution >= 0.6 is 0 Å². The fourth-order valence-electron chi connectivity index (χ4n) is 6.64. The van der Waals surface area contributed by atoms with Crippen LogP contribution < -0.4 is 10.1 Å². The van der Waals surface area contributed by atoms with Crippen molar-refractivity contribution in [2.45, 2.75) is 88.1 Å². The Bertz CT molecular complexity index is 1080. The molecule has 1 aromatic carbocycles. The number of ether oxygens (including phenoxy) is 1. The first-order valence-corrected chi connectivity index (χ1v) is 13.6. The van der Waals surface area contributed by atoms with Gasteiger partial charge in [0, 0.05) is 69.6 Å². The molecule has 6 rings (SSSR count). The second-order valence-corrected chi connectivity index (χ2v) is 11.2. The second-order valence-electron chi connectivity index (χ2n) is 11.2. The van der Waals surface area contributed by atoms with E-state index >= 15 is 0 Å². The summed E-state index contributed by atoms with van der Waals surface area (Å²) in [4.78, 5) is 43.0. The Morgan fingerprint density at radius 3 is 2.49 bits per heavy atom. The third-order valence-electron chi connectivity index (χ3n) is 8.86. The number of nitrogens with one attached hydrogen (secondary N) is 1. The molecule has 0 aromatic heterocycles. The molecule has 37 heavy (non-hydrogen) atoms. The van der Waals surface area contributed by atoms with E-state index in [0.29, 0.717) is 43.7 Å². The molecule has 0 spiro atoms. The fraction of sp³-hybridized carbons (Fsp3) is 0.667. The molecule has 5 aliphatic rings. The number of amides is 3. The van der Waals surface area contributed by atoms with Gasteiger partial charge in [-0.2, -0.15) is 0 Å². The number of nitrogens with zero attached hydrogens (tertiary/aromatic N) is 3. The molecule has 3 atom stereocenters. The van der Waals surface area contributed by atoms with Crippen LogP contribution in [0, 0.1) is 0 Å². The lowest BCUT2D eigenvalue weighted by Crippen LogP contribution is -2.66. The van der Waals surface area contributed by atoms with Crippen LogP contribution in [-0.2, 0) is 16.1 Å². The minimum absolute atomic E-state index is 0.0412. The molecule has 1 saturated carbocycles. The highest BCUT2D eigenvalue weighted by Gasteiger charge is 2.44. The Hall–Kier alpha value is -2.59. The van der Waals surface area contributed by atoms with Crippen molar-refractivity contribution in [3.63, 3.8) is 0 Å². The molecule has 0 radical (unpaired) electrons. The summed E-state index contributed by atoms with van der Waals surface area (Å²) in [5.41, 5.74) is 1.42. The van der Waals surface area contributed by atoms with Gasteiger partial charge in [0.1, 0.15) is 17.9 Å². The molecule has 1 unspecified atom stereocenters. The van der Waals surface area contributed by atoms with E-state index in [2.05, 4.69) is 15.1 Å². The first-order valence-electron chi connectivity index (χ1n) is 13.6. The first kappa shape index (κ1) is 24.7. The molecule has 1 N–H and O–H groups in total. The average molecular weight is 517 g/mol. The monoisotopic (exact) mass is 516 g/mol. The number of fused-ring (bicyclic) bond motifs is 1. The number of likely N-dealkylation sites (tertiary alicyclic amines) is 2. The van der Waals surface area contributed by atoms with E-state index in [4.69, 9.17) is 4.74 Å². The van der Waals surface area contributed by atoms with Crippen LogP contribution in [0.3, 0.4) is 0 Å². The van der Waals surface area contributed by atoms with Crippen molar-refractivity contribution in [3.05, 3.63) is 29.3 Å². The summed E-state index contributed by atoms with van der Waals surface area (Å²) < 4.78 is 33.6. The smallest absolute Gasteiger partial charge is 0.255 e. The van der Waals surface area contributed by atoms with Crippen LogP contribution in [0.2, 0.25) is 0 Å². The van der Waals surface area contributed by atoms with Gasteiger partial charge in [0.05, 0.1) is 0 Å². The molecule has 8 nitrogen and oxygen atoms in total. The predicted octanol–water partition coefficient (Wildman–Crippen LogP) is 2.55. The van der Waals surface area contributed by atoms with Gasteiger partial charge in [-0.25, -0.2) is 8.78 Å². The Morgan fingerprint density at radius 1 is 0.973 bits per heavy atom. The molecule has 1 aromatic rings. The first-order chi connectivity index (χ1) is 17.8. The summed E-state index contributed by atoms with van der Waals surface area (Å²) in [6.07, 6.45) is 4.81. The van der Waals surface area contributed by atoms with Gasteiger partial charge in [0.25, 0.3) is 11.8 Å². The van der Waals surface area contributed by atoms with Crippen LogP contribution in [0.1, 0.15) is 67.3 Å². The molecular weight excluding hydrogens is 482 g/mol. The third kappa shape index (κ3) is 4.85. The third-order valence-corrected chi connectivity index (χ3v) is 8.86. The fourth-order valence-corrected chi connectivity index (χ4v) is 6.64. The Labute approximate surface area is 215 Å². The molecule has 1 aliphatic carbocycles. The highest BCUT2D eigenvalue weighted by Crippen LogP contribution is 2.35. The van der Waals surface area contributed by atoms with Gasteiger partial charge in [-0.15, -0.1) is 0 Å². The summed E-state index contributed by atoms with van der Waals surface area (Å²) >= 11 is 0. The molecule has 200 valence electrons. The zero-order chi connectivity index (χ0) is 25.7. The van der Waals surface area contributed by atoms with Gasteiger partial charge >= 0.3 is 0 Å². The molecule has 10 heteroatoms. The zero-order valence-corrected chi connectivity index (χ0v) is 21.0. The maximum Gasteiger partial charge on any atom is 0.255 e. The molecule has 4 aliphatic heterocycles. The largest absolute Gasteiger partial charge is 0.489 e. The number of alkyl halides is 2. The molecule has 3 amide bonds. The van der Waals surface area contributed by atoms with Crippen molar-refractivity contribution in [1.29, 1.82) is 0 Å². The minimum atomic E-state index is -2.51. The number of halogens is 2. The van der Waals surface area contributed by atoms with E-state index in [0.717, 1.165) is 50.1 Å². The number of carbonyl (C=O) groups excluding carboxylic acids is 3. The van der Waals surface area contributed by atoms with Gasteiger partial charge in [-0.3, -0.25) is 29.5 Å². The van der Waals surface area contributed by atoms with Gasteiger partial charge in [-0.05, 0) is 49.4 Å². The van der Waals surface area contributed by atoms with Crippen LogP contribution in [-0.4, -0.2) is 88.8 Å². The highest BCUT2D eigenvalue weighted by molar-refractivity contribution is 6.05. The quantitative estimate of drug-likeness (QED) is 0.606. The van der Waals surface area contributed by atoms with E-state index in [1.807, 2.05) is 12.1 Å². The number of benzene rings is 1. The van der Waals surface area contributed by atoms with Crippen LogP contribution in [0.4, 0.5) is 8.78 Å². The molecule has 4 fully saturated rings. The van der Waals surface area contributed by atoms with Crippen LogP contribution in [0.15, 0.2) is 18.2 Å². The lowest BCUT2D eigenvalue weighted by Gasteiger charge is -2.52. The number of piperidine rings is 2. The Balaban J connectivity index is 1.08. The number of imide groups is 1. The Morgan fingerprint density at radius 2 is 1.73 bits per heavy atom. The van der Waals surface area contributed by atoms with Gasteiger partial charge < -0.3 is 9.64 Å². The van der Waals surface area contributed by atoms with Crippen molar-refractivity contribution in [3.8, 4) is 5.75 Å². The normalized spacial score (nSPS) is 31.1. The van der Waals surface area contributed by atoms with Crippen molar-refractivity contribution in [1.82, 2.24) is 20.0 Å². The zero-order valence-electron chi connectivity index (χ0n) is 21.0. The van der Waals surface area contributed by atoms with Crippen molar-refractivity contribution in [2.24, 2.45) is 0 Å². The van der Waals surface area contributed by atoms with Crippen molar-refractivity contribution in [2.75, 3.05) is 26.2 Å². The van der Waals surface area contributed by atoms with E-state index in [1.165, 1.54) is 0 Å². The molecule has 0 bridgehead atoms. The summed E-state index contributed by atoms with van der Waals surface area (Å²) in [6, 6.07) is 5.55. The SMILES string of the molecule is O=C1CCC(N2Cc3cc(O[C@H]4CCCC[C@@H]4N4CC(N5CCC(F)(F)CC5)C4)ccc3C2=O)C(=O)N1. The van der Waals surface area contributed by atoms with Crippen molar-refractivity contribution < 1.29 is 27.9 Å². The topological polar surface area (TPSA) is 82.2 Å². The Kier molecular flexibility index (Phi) is 6.43. The maximum absolute atomic E-state index is 13.5. The standard InChI is InChI=1S/C27H34F2N4O4/c28-27(29)9-11-31(12-10-27)18-15-32(16-18)21-3-1-2-4-23(21)37-19-5-6-20-17(13-19)14-33(26(20)36)22-7-8-24(34)30-25(22)35/h5-6,13,18,21-23H,1-4,7-12,14-16H2,(H,30,34,35)/t21-,22?,23-/m0/s1. The van der Waals surface area contributed by atoms with E-state index in [1.54, 1.807) is 11.0 Å². The molecule has 4 heterocycles. The van der Waals surface area contributed by atoms with Crippen LogP contribution in [0.5, 0.6) is 5.75 Å². The van der Waals surface area contributed by atoms with Gasteiger partial charge in [-0.1, -0.05) is 6.42 Å². The lowest BCUT2D eigenvalue weighted by molar-refractivity contribution is -0.136. The summed E-state index contributed by atoms with van der Waals surface area (Å²) in [6.45, 7) is 3.07. The molecular formula is C27H34F2N4O4. The summed E-state index contributed by atoms with van der Waals surface area (Å²) in [5.74, 6) is -2.68. The van der Waals surface area contributed by atoms with Crippen LogP contribution in [0.25, 0.3) is 0 Å². The van der Waals surface area contributed by atoms with Gasteiger partial charge in [0.2, 0.25) is 11.8 Å². The van der Waals surface area contributed by atoms with E-state index in [-0.39, 0.29) is 37.2 Å². The second kappa shape index (κ2) is 9.62. The number of hydrogen-bond acceptors (Lipinski definition) is 6. The maximum atomic E-state index is 13.5. The number of rotatable bonds is 5. The number of hydrogen-bond donors (Lipinski definition) is 1. The minimum Gasteiger partial charge on any atom is -0.489 e. The summed E-state index contributed by atoms with van der Waals surface area (Å²) in [7, 11) is 0. The number of carbonyl (C=O) groups is 3. The van der Waals surface area contributed by atoms with E-state index in [9.17, 15) is 23.2 Å². The van der Waals surface area contributed by atoms with Gasteiger partial charge in [0.15, 0.2) is 0 Å². The van der Waals surface area contributed by atoms with E-state index < -0.39 is 17.9 Å². The highest BCUT2D eigenvalue weighted by atomic mass is 19.3. The average Bonchev–Trinajstić information content (AvgIpc) is 3.15.